The van der Waals surface area contributed by atoms with E-state index in [1.807, 2.05) is 18.2 Å². The summed E-state index contributed by atoms with van der Waals surface area (Å²) in [5.74, 6) is -1.63. The summed E-state index contributed by atoms with van der Waals surface area (Å²) in [6.45, 7) is 6.07. The Morgan fingerprint density at radius 3 is 1.38 bits per heavy atom. The number of aryl methyl sites for hydroxylation is 2. The van der Waals surface area contributed by atoms with Crippen LogP contribution in [0.1, 0.15) is 71.8 Å². The number of piperidine rings is 2. The zero-order valence-electron chi connectivity index (χ0n) is 39.2. The average Bonchev–Trinajstić information content (AvgIpc) is 3.94. The number of benzene rings is 5. The lowest BCUT2D eigenvalue weighted by molar-refractivity contribution is -0.159. The fourth-order valence-electron chi connectivity index (χ4n) is 9.87. The molecule has 13 heteroatoms. The van der Waals surface area contributed by atoms with Crippen molar-refractivity contribution >= 4 is 23.5 Å². The minimum atomic E-state index is -1.82. The predicted octanol–water partition coefficient (Wildman–Crippen LogP) is 10.1. The van der Waals surface area contributed by atoms with Gasteiger partial charge in [-0.3, -0.25) is 0 Å². The normalized spacial score (nSPS) is 18.4. The number of ether oxygens (including phenoxy) is 2. The second-order valence-electron chi connectivity index (χ2n) is 18.3. The summed E-state index contributed by atoms with van der Waals surface area (Å²) in [6.07, 6.45) is 10.6. The molecule has 2 unspecified atom stereocenters. The van der Waals surface area contributed by atoms with E-state index in [2.05, 4.69) is 155 Å². The van der Waals surface area contributed by atoms with Gasteiger partial charge >= 0.3 is 11.9 Å². The van der Waals surface area contributed by atoms with Crippen molar-refractivity contribution in [3.8, 4) is 33.6 Å². The first-order valence-electron chi connectivity index (χ1n) is 23.9. The third-order valence-corrected chi connectivity index (χ3v) is 14.0. The number of rotatable bonds is 7. The van der Waals surface area contributed by atoms with Gasteiger partial charge in [0.2, 0.25) is 0 Å². The molecule has 12 nitrogen and oxygen atoms in total. The molecule has 5 aromatic carbocycles. The van der Waals surface area contributed by atoms with Gasteiger partial charge in [-0.05, 0) is 92.1 Å². The molecule has 2 N–H and O–H groups in total. The number of aromatic nitrogens is 4. The number of hydrogen-bond donors (Lipinski definition) is 2. The van der Waals surface area contributed by atoms with E-state index in [0.717, 1.165) is 117 Å². The van der Waals surface area contributed by atoms with Gasteiger partial charge in [-0.1, -0.05) is 133 Å². The average molecular weight is 948 g/mol. The highest BCUT2D eigenvalue weighted by Crippen LogP contribution is 2.41. The Morgan fingerprint density at radius 2 is 0.928 bits per heavy atom. The van der Waals surface area contributed by atoms with Crippen molar-refractivity contribution in [1.82, 2.24) is 28.9 Å². The zero-order valence-corrected chi connectivity index (χ0v) is 39.9. The molecule has 0 bridgehead atoms. The number of imidazole rings is 2. The summed E-state index contributed by atoms with van der Waals surface area (Å²) in [5.41, 5.74) is 11.9. The lowest BCUT2D eigenvalue weighted by Crippen LogP contribution is -2.35. The van der Waals surface area contributed by atoms with Gasteiger partial charge in [0.05, 0.1) is 23.6 Å². The second-order valence-corrected chi connectivity index (χ2v) is 18.7. The van der Waals surface area contributed by atoms with Gasteiger partial charge in [-0.2, -0.15) is 0 Å². The van der Waals surface area contributed by atoms with Crippen LogP contribution in [0.2, 0.25) is 5.02 Å². The lowest BCUT2D eigenvalue weighted by Gasteiger charge is -2.32. The van der Waals surface area contributed by atoms with Gasteiger partial charge in [-0.15, -0.1) is 0 Å². The van der Waals surface area contributed by atoms with Gasteiger partial charge in [0, 0.05) is 67.8 Å². The van der Waals surface area contributed by atoms with Crippen LogP contribution in [0.5, 0.6) is 0 Å². The van der Waals surface area contributed by atoms with Crippen LogP contribution in [-0.2, 0) is 45.0 Å². The number of carboxylic acids is 2. The van der Waals surface area contributed by atoms with E-state index in [4.69, 9.17) is 50.8 Å². The highest BCUT2D eigenvalue weighted by molar-refractivity contribution is 6.31. The quantitative estimate of drug-likeness (QED) is 0.149. The van der Waals surface area contributed by atoms with Crippen molar-refractivity contribution in [3.63, 3.8) is 0 Å². The maximum atomic E-state index is 9.10. The van der Waals surface area contributed by atoms with Crippen LogP contribution >= 0.6 is 11.6 Å². The Bertz CT molecular complexity index is 2820. The Balaban J connectivity index is 0.000000155. The topological polar surface area (TPSA) is 135 Å². The number of aliphatic carboxylic acids is 2. The number of fused-ring (bicyclic) bond motifs is 4. The number of halogens is 1. The predicted molar refractivity (Wildman–Crippen MR) is 268 cm³/mol. The number of likely N-dealkylation sites (tertiary alicyclic amines) is 2. The van der Waals surface area contributed by atoms with E-state index in [1.165, 1.54) is 33.4 Å². The number of nitrogens with zero attached hydrogens (tertiary/aromatic N) is 6. The number of carbonyl (C=O) groups is 2. The van der Waals surface area contributed by atoms with E-state index < -0.39 is 11.9 Å². The molecule has 4 aliphatic rings. The largest absolute Gasteiger partial charge is 0.473 e. The molecule has 6 heterocycles. The molecule has 69 heavy (non-hydrogen) atoms. The number of carboxylic acid groups (broad SMARTS) is 2. The molecule has 0 spiro atoms. The standard InChI is InChI=1S/C30H31N3O.C24H26ClN3O.C2H2O4/c1-32-18-15-24(16-19-32)34-29-27-14-8-13-25(22-9-4-2-5-10-22)26(27)17-20-33-21-28(31-30(29)33)23-11-6-3-7-12-23;1-27-13-10-18(11-14-27)29-23-20-8-5-9-21(25)19(20)12-15-28-16-22(26-24(23)28)17-6-3-2-4-7-17;3-1(4)2(5)6/h2-14,21,24,29H,15-20H2,1H3;2-9,16,18,23H,10-15H2,1H3;(H,3,4)(H,5,6). The van der Waals surface area contributed by atoms with Crippen molar-refractivity contribution in [2.24, 2.45) is 0 Å². The monoisotopic (exact) mass is 946 g/mol. The first-order chi connectivity index (χ1) is 33.6. The minimum Gasteiger partial charge on any atom is -0.473 e. The van der Waals surface area contributed by atoms with Crippen LogP contribution in [0.15, 0.2) is 140 Å². The summed E-state index contributed by atoms with van der Waals surface area (Å²) in [4.78, 5) is 33.2. The van der Waals surface area contributed by atoms with Crippen LogP contribution in [0, 0.1) is 0 Å². The second kappa shape index (κ2) is 21.9. The summed E-state index contributed by atoms with van der Waals surface area (Å²) in [5, 5.41) is 15.6. The van der Waals surface area contributed by atoms with E-state index in [0.29, 0.717) is 0 Å². The maximum absolute atomic E-state index is 9.10. The number of hydrogen-bond acceptors (Lipinski definition) is 8. The molecule has 4 aliphatic heterocycles. The molecule has 2 aromatic heterocycles. The molecule has 2 saturated heterocycles. The molecule has 0 amide bonds. The van der Waals surface area contributed by atoms with E-state index in [-0.39, 0.29) is 24.4 Å². The first kappa shape index (κ1) is 47.6. The third-order valence-electron chi connectivity index (χ3n) is 13.6. The van der Waals surface area contributed by atoms with Crippen LogP contribution < -0.4 is 0 Å². The summed E-state index contributed by atoms with van der Waals surface area (Å²) >= 11 is 6.59. The molecule has 7 aromatic rings. The summed E-state index contributed by atoms with van der Waals surface area (Å²) in [6, 6.07) is 44.5. The van der Waals surface area contributed by atoms with Crippen LogP contribution in [0.25, 0.3) is 33.6 Å². The van der Waals surface area contributed by atoms with Gasteiger partial charge in [0.15, 0.2) is 0 Å². The van der Waals surface area contributed by atoms with Crippen molar-refractivity contribution in [3.05, 3.63) is 179 Å². The Morgan fingerprint density at radius 1 is 0.522 bits per heavy atom. The SMILES string of the molecule is CN1CCC(OC2c3cccc(-c4ccccc4)c3CCn3cc(-c4ccccc4)nc32)CC1.CN1CCC(OC2c3cccc(Cl)c3CCn3cc(-c4ccccc4)nc32)CC1.O=C(O)C(=O)O. The van der Waals surface area contributed by atoms with Crippen LogP contribution in [0.4, 0.5) is 0 Å². The first-order valence-corrected chi connectivity index (χ1v) is 24.3. The molecule has 0 radical (unpaired) electrons. The highest BCUT2D eigenvalue weighted by atomic mass is 35.5. The van der Waals surface area contributed by atoms with Gasteiger partial charge in [-0.25, -0.2) is 19.6 Å². The minimum absolute atomic E-state index is 0.160. The van der Waals surface area contributed by atoms with Gasteiger partial charge < -0.3 is 38.6 Å². The van der Waals surface area contributed by atoms with E-state index >= 15 is 0 Å². The van der Waals surface area contributed by atoms with Crippen molar-refractivity contribution in [1.29, 1.82) is 0 Å². The zero-order chi connectivity index (χ0) is 47.9. The van der Waals surface area contributed by atoms with Crippen LogP contribution in [-0.4, -0.2) is 104 Å². The molecule has 2 fully saturated rings. The fourth-order valence-corrected chi connectivity index (χ4v) is 10.1. The summed E-state index contributed by atoms with van der Waals surface area (Å²) in [7, 11) is 4.37. The van der Waals surface area contributed by atoms with Crippen molar-refractivity contribution in [2.75, 3.05) is 40.3 Å². The lowest BCUT2D eigenvalue weighted by atomic mass is 9.91. The molecular formula is C56H59ClN6O6. The third kappa shape index (κ3) is 11.2. The smallest absolute Gasteiger partial charge is 0.414 e. The Kier molecular flexibility index (Phi) is 15.1. The molecule has 356 valence electrons. The maximum Gasteiger partial charge on any atom is 0.414 e. The molecular weight excluding hydrogens is 888 g/mol. The van der Waals surface area contributed by atoms with Crippen molar-refractivity contribution in [2.45, 2.75) is 76.0 Å². The van der Waals surface area contributed by atoms with Gasteiger partial charge in [0.1, 0.15) is 23.9 Å². The van der Waals surface area contributed by atoms with E-state index in [9.17, 15) is 0 Å². The molecule has 0 aliphatic carbocycles. The highest BCUT2D eigenvalue weighted by Gasteiger charge is 2.34. The summed E-state index contributed by atoms with van der Waals surface area (Å²) < 4.78 is 18.3. The van der Waals surface area contributed by atoms with Crippen LogP contribution in [0.3, 0.4) is 0 Å². The van der Waals surface area contributed by atoms with Gasteiger partial charge in [0.25, 0.3) is 0 Å². The molecule has 2 atom stereocenters. The van der Waals surface area contributed by atoms with Crippen molar-refractivity contribution < 1.29 is 29.3 Å². The van der Waals surface area contributed by atoms with E-state index in [1.54, 1.807) is 0 Å². The fraction of sp³-hybridized carbons (Fsp3) is 0.321. The molecule has 0 saturated carbocycles. The molecule has 11 rings (SSSR count). The Labute approximate surface area is 408 Å². The Hall–Kier alpha value is -6.41.